The number of anilines is 1. The number of nitrogens with zero attached hydrogens (tertiary/aromatic N) is 4. The molecule has 0 saturated carbocycles. The van der Waals surface area contributed by atoms with Crippen molar-refractivity contribution < 1.29 is 13.2 Å². The highest BCUT2D eigenvalue weighted by molar-refractivity contribution is 7.99. The van der Waals surface area contributed by atoms with Crippen molar-refractivity contribution in [1.29, 1.82) is 0 Å². The highest BCUT2D eigenvalue weighted by Gasteiger charge is 2.30. The van der Waals surface area contributed by atoms with Crippen molar-refractivity contribution in [3.8, 4) is 0 Å². The van der Waals surface area contributed by atoms with Gasteiger partial charge in [0.2, 0.25) is 15.9 Å². The number of sulfonamides is 1. The molecule has 1 N–H and O–H groups in total. The number of rotatable bonds is 8. The SMILES string of the molecule is CCCn1c(SCC(=O)Nc2ccccc2)nnc1[C@H]1CCCN(S(C)(=O)=O)C1. The van der Waals surface area contributed by atoms with Crippen LogP contribution in [0.1, 0.15) is 37.9 Å². The van der Waals surface area contributed by atoms with Crippen LogP contribution in [-0.2, 0) is 21.4 Å². The number of amides is 1. The van der Waals surface area contributed by atoms with E-state index in [4.69, 9.17) is 0 Å². The van der Waals surface area contributed by atoms with Gasteiger partial charge in [0.1, 0.15) is 5.82 Å². The van der Waals surface area contributed by atoms with E-state index in [2.05, 4.69) is 22.4 Å². The number of carbonyl (C=O) groups excluding carboxylic acids is 1. The fraction of sp³-hybridized carbons (Fsp3) is 0.526. The Kier molecular flexibility index (Phi) is 7.31. The van der Waals surface area contributed by atoms with Crippen molar-refractivity contribution in [2.45, 2.75) is 43.8 Å². The molecule has 0 radical (unpaired) electrons. The van der Waals surface area contributed by atoms with Gasteiger partial charge in [-0.2, -0.15) is 0 Å². The van der Waals surface area contributed by atoms with Gasteiger partial charge in [0, 0.05) is 31.2 Å². The monoisotopic (exact) mass is 437 g/mol. The molecule has 1 aromatic heterocycles. The number of carbonyl (C=O) groups is 1. The average molecular weight is 438 g/mol. The Bertz CT molecular complexity index is 931. The molecule has 2 aromatic rings. The van der Waals surface area contributed by atoms with Gasteiger partial charge in [0.15, 0.2) is 5.16 Å². The molecule has 3 rings (SSSR count). The number of nitrogens with one attached hydrogen (secondary N) is 1. The van der Waals surface area contributed by atoms with Crippen LogP contribution in [0.5, 0.6) is 0 Å². The van der Waals surface area contributed by atoms with E-state index in [0.717, 1.165) is 37.3 Å². The molecule has 0 aliphatic carbocycles. The van der Waals surface area contributed by atoms with E-state index in [1.807, 2.05) is 34.9 Å². The van der Waals surface area contributed by atoms with Gasteiger partial charge in [-0.1, -0.05) is 36.9 Å². The second kappa shape index (κ2) is 9.73. The number of piperidine rings is 1. The Hall–Kier alpha value is -1.91. The van der Waals surface area contributed by atoms with E-state index in [1.165, 1.54) is 22.3 Å². The normalized spacial score (nSPS) is 17.9. The quantitative estimate of drug-likeness (QED) is 0.638. The number of thioether (sulfide) groups is 1. The first-order chi connectivity index (χ1) is 13.9. The molecule has 1 aliphatic heterocycles. The highest BCUT2D eigenvalue weighted by Crippen LogP contribution is 2.29. The van der Waals surface area contributed by atoms with E-state index in [0.29, 0.717) is 18.2 Å². The minimum Gasteiger partial charge on any atom is -0.325 e. The van der Waals surface area contributed by atoms with Crippen LogP contribution in [0.25, 0.3) is 0 Å². The van der Waals surface area contributed by atoms with Crippen molar-refractivity contribution in [2.24, 2.45) is 0 Å². The summed E-state index contributed by atoms with van der Waals surface area (Å²) in [6, 6.07) is 9.33. The van der Waals surface area contributed by atoms with Crippen LogP contribution in [0.2, 0.25) is 0 Å². The zero-order chi connectivity index (χ0) is 20.9. The van der Waals surface area contributed by atoms with E-state index >= 15 is 0 Å². The maximum Gasteiger partial charge on any atom is 0.234 e. The maximum absolute atomic E-state index is 12.3. The van der Waals surface area contributed by atoms with Crippen molar-refractivity contribution in [3.05, 3.63) is 36.2 Å². The van der Waals surface area contributed by atoms with Crippen molar-refractivity contribution >= 4 is 33.4 Å². The maximum atomic E-state index is 12.3. The van der Waals surface area contributed by atoms with Crippen LogP contribution in [0, 0.1) is 0 Å². The van der Waals surface area contributed by atoms with Crippen LogP contribution in [0.4, 0.5) is 5.69 Å². The molecule has 10 heteroatoms. The lowest BCUT2D eigenvalue weighted by atomic mass is 9.99. The summed E-state index contributed by atoms with van der Waals surface area (Å²) in [7, 11) is -3.22. The van der Waals surface area contributed by atoms with Gasteiger partial charge in [-0.25, -0.2) is 12.7 Å². The van der Waals surface area contributed by atoms with Gasteiger partial charge >= 0.3 is 0 Å². The Balaban J connectivity index is 1.69. The zero-order valence-electron chi connectivity index (χ0n) is 16.7. The first-order valence-corrected chi connectivity index (χ1v) is 12.6. The number of hydrogen-bond acceptors (Lipinski definition) is 6. The minimum absolute atomic E-state index is 0.0185. The second-order valence-electron chi connectivity index (χ2n) is 7.16. The highest BCUT2D eigenvalue weighted by atomic mass is 32.2. The Morgan fingerprint density at radius 1 is 1.28 bits per heavy atom. The lowest BCUT2D eigenvalue weighted by Crippen LogP contribution is -2.39. The third-order valence-corrected chi connectivity index (χ3v) is 7.04. The third kappa shape index (κ3) is 5.80. The molecule has 29 heavy (non-hydrogen) atoms. The van der Waals surface area contributed by atoms with Crippen LogP contribution >= 0.6 is 11.8 Å². The lowest BCUT2D eigenvalue weighted by Gasteiger charge is -2.30. The van der Waals surface area contributed by atoms with Crippen molar-refractivity contribution in [1.82, 2.24) is 19.1 Å². The number of benzene rings is 1. The summed E-state index contributed by atoms with van der Waals surface area (Å²) in [5.41, 5.74) is 0.761. The van der Waals surface area contributed by atoms with E-state index < -0.39 is 10.0 Å². The molecule has 1 fully saturated rings. The molecular formula is C19H27N5O3S2. The van der Waals surface area contributed by atoms with Gasteiger partial charge in [0.05, 0.1) is 12.0 Å². The molecule has 1 aromatic carbocycles. The predicted octanol–water partition coefficient (Wildman–Crippen LogP) is 2.56. The van der Waals surface area contributed by atoms with Crippen LogP contribution in [0.3, 0.4) is 0 Å². The summed E-state index contributed by atoms with van der Waals surface area (Å²) in [6.07, 6.45) is 3.84. The topological polar surface area (TPSA) is 97.2 Å². The van der Waals surface area contributed by atoms with Crippen LogP contribution < -0.4 is 5.32 Å². The predicted molar refractivity (Wildman–Crippen MR) is 115 cm³/mol. The van der Waals surface area contributed by atoms with Gasteiger partial charge < -0.3 is 9.88 Å². The average Bonchev–Trinajstić information content (AvgIpc) is 3.10. The molecule has 158 valence electrons. The fourth-order valence-electron chi connectivity index (χ4n) is 3.45. The summed E-state index contributed by atoms with van der Waals surface area (Å²) in [4.78, 5) is 12.3. The lowest BCUT2D eigenvalue weighted by molar-refractivity contribution is -0.113. The Labute approximate surface area is 176 Å². The van der Waals surface area contributed by atoms with Gasteiger partial charge in [-0.05, 0) is 31.4 Å². The van der Waals surface area contributed by atoms with Crippen LogP contribution in [-0.4, -0.2) is 58.5 Å². The molecule has 1 amide bonds. The largest absolute Gasteiger partial charge is 0.325 e. The Morgan fingerprint density at radius 3 is 2.72 bits per heavy atom. The summed E-state index contributed by atoms with van der Waals surface area (Å²) in [5.74, 6) is 0.961. The van der Waals surface area contributed by atoms with Gasteiger partial charge in [-0.15, -0.1) is 10.2 Å². The molecule has 1 aliphatic rings. The summed E-state index contributed by atoms with van der Waals surface area (Å²) in [6.45, 7) is 3.79. The molecule has 0 bridgehead atoms. The van der Waals surface area contributed by atoms with E-state index in [9.17, 15) is 13.2 Å². The molecule has 0 spiro atoms. The van der Waals surface area contributed by atoms with Gasteiger partial charge in [-0.3, -0.25) is 4.79 Å². The number of hydrogen-bond donors (Lipinski definition) is 1. The molecule has 1 atom stereocenters. The smallest absolute Gasteiger partial charge is 0.234 e. The van der Waals surface area contributed by atoms with E-state index in [-0.39, 0.29) is 17.6 Å². The molecule has 1 saturated heterocycles. The third-order valence-electron chi connectivity index (χ3n) is 4.80. The zero-order valence-corrected chi connectivity index (χ0v) is 18.4. The second-order valence-corrected chi connectivity index (χ2v) is 10.1. The first-order valence-electron chi connectivity index (χ1n) is 9.74. The number of aromatic nitrogens is 3. The van der Waals surface area contributed by atoms with E-state index in [1.54, 1.807) is 0 Å². The standard InChI is InChI=1S/C19H27N5O3S2/c1-3-11-24-18(15-8-7-12-23(13-15)29(2,26)27)21-22-19(24)28-14-17(25)20-16-9-5-4-6-10-16/h4-6,9-10,15H,3,7-8,11-14H2,1-2H3,(H,20,25)/t15-/m0/s1. The summed E-state index contributed by atoms with van der Waals surface area (Å²) >= 11 is 1.35. The summed E-state index contributed by atoms with van der Waals surface area (Å²) < 4.78 is 27.4. The van der Waals surface area contributed by atoms with Crippen molar-refractivity contribution in [2.75, 3.05) is 30.4 Å². The number of para-hydroxylation sites is 1. The van der Waals surface area contributed by atoms with Crippen LogP contribution in [0.15, 0.2) is 35.5 Å². The molecular weight excluding hydrogens is 410 g/mol. The molecule has 2 heterocycles. The Morgan fingerprint density at radius 2 is 2.03 bits per heavy atom. The fourth-order valence-corrected chi connectivity index (χ4v) is 5.13. The van der Waals surface area contributed by atoms with Gasteiger partial charge in [0.25, 0.3) is 0 Å². The minimum atomic E-state index is -3.22. The first kappa shape index (κ1) is 21.8. The molecule has 0 unspecified atom stereocenters. The summed E-state index contributed by atoms with van der Waals surface area (Å²) in [5, 5.41) is 12.2. The van der Waals surface area contributed by atoms with Crippen molar-refractivity contribution in [3.63, 3.8) is 0 Å². The molecule has 8 nitrogen and oxygen atoms in total.